The van der Waals surface area contributed by atoms with Crippen LogP contribution in [-0.2, 0) is 9.84 Å². The molecular weight excluding hydrogens is 342 g/mol. The smallest absolute Gasteiger partial charge is 0.228 e. The molecule has 0 unspecified atom stereocenters. The van der Waals surface area contributed by atoms with E-state index in [-0.39, 0.29) is 15.2 Å². The van der Waals surface area contributed by atoms with E-state index in [0.29, 0.717) is 11.0 Å². The van der Waals surface area contributed by atoms with Crippen LogP contribution in [-0.4, -0.2) is 18.7 Å². The Hall–Kier alpha value is -2.05. The topological polar surface area (TPSA) is 60.2 Å². The van der Waals surface area contributed by atoms with Crippen LogP contribution in [0.4, 0.5) is 0 Å². The number of aromatic nitrogens is 1. The normalized spacial score (nSPS) is 11.8. The fourth-order valence-corrected chi connectivity index (χ4v) is 4.54. The minimum atomic E-state index is -3.73. The molecule has 4 nitrogen and oxygen atoms in total. The lowest BCUT2D eigenvalue weighted by Gasteiger charge is -2.04. The van der Waals surface area contributed by atoms with Gasteiger partial charge < -0.3 is 4.42 Å². The first-order chi connectivity index (χ1) is 11.5. The third kappa shape index (κ3) is 3.39. The van der Waals surface area contributed by atoms with Crippen molar-refractivity contribution in [3.63, 3.8) is 0 Å². The average molecular weight is 359 g/mol. The lowest BCUT2D eigenvalue weighted by Crippen LogP contribution is -2.04. The fraction of sp³-hybridized carbons (Fsp3) is 0.167. The minimum absolute atomic E-state index is 0.0220. The van der Waals surface area contributed by atoms with Crippen LogP contribution in [0.1, 0.15) is 13.8 Å². The molecule has 0 aliphatic heterocycles. The molecule has 2 aromatic carbocycles. The maximum Gasteiger partial charge on any atom is 0.228 e. The number of thioether (sulfide) groups is 1. The molecule has 0 amide bonds. The zero-order chi connectivity index (χ0) is 17.2. The zero-order valence-corrected chi connectivity index (χ0v) is 15.0. The van der Waals surface area contributed by atoms with Crippen molar-refractivity contribution in [3.8, 4) is 11.5 Å². The average Bonchev–Trinajstić information content (AvgIpc) is 3.00. The molecule has 3 rings (SSSR count). The van der Waals surface area contributed by atoms with Crippen LogP contribution < -0.4 is 0 Å². The van der Waals surface area contributed by atoms with E-state index in [2.05, 4.69) is 4.98 Å². The Morgan fingerprint density at radius 3 is 2.12 bits per heavy atom. The van der Waals surface area contributed by atoms with Crippen molar-refractivity contribution in [2.75, 3.05) is 0 Å². The van der Waals surface area contributed by atoms with Crippen molar-refractivity contribution in [3.05, 3.63) is 60.7 Å². The van der Waals surface area contributed by atoms with E-state index in [9.17, 15) is 8.42 Å². The summed E-state index contributed by atoms with van der Waals surface area (Å²) in [7, 11) is -3.73. The summed E-state index contributed by atoms with van der Waals surface area (Å²) in [6.07, 6.45) is 0. The first kappa shape index (κ1) is 16.8. The van der Waals surface area contributed by atoms with Gasteiger partial charge in [0.05, 0.1) is 4.90 Å². The Labute approximate surface area is 145 Å². The van der Waals surface area contributed by atoms with Crippen molar-refractivity contribution in [1.82, 2.24) is 4.98 Å². The molecule has 0 radical (unpaired) electrons. The lowest BCUT2D eigenvalue weighted by atomic mass is 10.2. The number of rotatable bonds is 5. The van der Waals surface area contributed by atoms with Gasteiger partial charge in [0, 0.05) is 10.8 Å². The summed E-state index contributed by atoms with van der Waals surface area (Å²) in [4.78, 5) is 4.52. The van der Waals surface area contributed by atoms with Crippen LogP contribution >= 0.6 is 11.8 Å². The van der Waals surface area contributed by atoms with Gasteiger partial charge in [0.25, 0.3) is 0 Å². The molecule has 0 aliphatic rings. The van der Waals surface area contributed by atoms with Gasteiger partial charge in [-0.25, -0.2) is 8.42 Å². The predicted molar refractivity (Wildman–Crippen MR) is 94.8 cm³/mol. The maximum atomic E-state index is 12.9. The third-order valence-electron chi connectivity index (χ3n) is 3.24. The number of oxazole rings is 1. The molecule has 0 spiro atoms. The summed E-state index contributed by atoms with van der Waals surface area (Å²) in [6, 6.07) is 17.6. The molecule has 124 valence electrons. The second-order valence-corrected chi connectivity index (χ2v) is 8.88. The highest BCUT2D eigenvalue weighted by Crippen LogP contribution is 2.36. The quantitative estimate of drug-likeness (QED) is 0.619. The Kier molecular flexibility index (Phi) is 4.78. The molecule has 1 heterocycles. The van der Waals surface area contributed by atoms with Gasteiger partial charge >= 0.3 is 0 Å². The summed E-state index contributed by atoms with van der Waals surface area (Å²) in [6.45, 7) is 3.96. The SMILES string of the molecule is CC(C)Sc1oc(-c2ccccc2)nc1S(=O)(=O)c1ccccc1. The van der Waals surface area contributed by atoms with Crippen LogP contribution in [0.3, 0.4) is 0 Å². The summed E-state index contributed by atoms with van der Waals surface area (Å²) < 4.78 is 31.7. The number of hydrogen-bond acceptors (Lipinski definition) is 5. The van der Waals surface area contributed by atoms with E-state index in [1.807, 2.05) is 44.2 Å². The van der Waals surface area contributed by atoms with Crippen molar-refractivity contribution >= 4 is 21.6 Å². The number of benzene rings is 2. The van der Waals surface area contributed by atoms with Crippen LogP contribution in [0.2, 0.25) is 0 Å². The molecule has 0 atom stereocenters. The van der Waals surface area contributed by atoms with Crippen molar-refractivity contribution in [1.29, 1.82) is 0 Å². The summed E-state index contributed by atoms with van der Waals surface area (Å²) in [5.41, 5.74) is 0.748. The van der Waals surface area contributed by atoms with Crippen LogP contribution in [0.25, 0.3) is 11.5 Å². The lowest BCUT2D eigenvalue weighted by molar-refractivity contribution is 0.469. The molecule has 24 heavy (non-hydrogen) atoms. The molecule has 0 bridgehead atoms. The number of hydrogen-bond donors (Lipinski definition) is 0. The monoisotopic (exact) mass is 359 g/mol. The fourth-order valence-electron chi connectivity index (χ4n) is 2.17. The molecule has 1 aromatic heterocycles. The predicted octanol–water partition coefficient (Wildman–Crippen LogP) is 4.67. The van der Waals surface area contributed by atoms with E-state index >= 15 is 0 Å². The number of sulfone groups is 1. The zero-order valence-electron chi connectivity index (χ0n) is 13.3. The Bertz CT molecular complexity index is 917. The van der Waals surface area contributed by atoms with E-state index < -0.39 is 9.84 Å². The summed E-state index contributed by atoms with van der Waals surface area (Å²) in [5, 5.41) is 0.477. The first-order valence-corrected chi connectivity index (χ1v) is 9.88. The van der Waals surface area contributed by atoms with Gasteiger partial charge in [-0.05, 0) is 24.3 Å². The molecule has 0 saturated heterocycles. The second-order valence-electron chi connectivity index (χ2n) is 5.46. The molecule has 0 saturated carbocycles. The highest BCUT2D eigenvalue weighted by molar-refractivity contribution is 8.00. The van der Waals surface area contributed by atoms with Gasteiger partial charge in [-0.2, -0.15) is 4.98 Å². The van der Waals surface area contributed by atoms with E-state index in [1.54, 1.807) is 30.3 Å². The molecule has 0 fully saturated rings. The van der Waals surface area contributed by atoms with Gasteiger partial charge in [-0.3, -0.25) is 0 Å². The summed E-state index contributed by atoms with van der Waals surface area (Å²) >= 11 is 1.35. The van der Waals surface area contributed by atoms with Crippen LogP contribution in [0, 0.1) is 0 Å². The standard InChI is InChI=1S/C18H17NO3S2/c1-13(2)23-18-17(24(20,21)15-11-7-4-8-12-15)19-16(22-18)14-9-5-3-6-10-14/h3-13H,1-2H3. The number of nitrogens with zero attached hydrogens (tertiary/aromatic N) is 1. The summed E-state index contributed by atoms with van der Waals surface area (Å²) in [5.74, 6) is 0.313. The van der Waals surface area contributed by atoms with E-state index in [1.165, 1.54) is 11.8 Å². The molecular formula is C18H17NO3S2. The molecule has 6 heteroatoms. The minimum Gasteiger partial charge on any atom is -0.428 e. The maximum absolute atomic E-state index is 12.9. The van der Waals surface area contributed by atoms with Crippen LogP contribution in [0.5, 0.6) is 0 Å². The van der Waals surface area contributed by atoms with Gasteiger partial charge in [0.1, 0.15) is 0 Å². The highest BCUT2D eigenvalue weighted by Gasteiger charge is 2.29. The van der Waals surface area contributed by atoms with Crippen LogP contribution in [0.15, 0.2) is 80.1 Å². The largest absolute Gasteiger partial charge is 0.428 e. The van der Waals surface area contributed by atoms with E-state index in [0.717, 1.165) is 5.56 Å². The first-order valence-electron chi connectivity index (χ1n) is 7.51. The van der Waals surface area contributed by atoms with Crippen molar-refractivity contribution in [2.45, 2.75) is 34.1 Å². The van der Waals surface area contributed by atoms with Crippen molar-refractivity contribution < 1.29 is 12.8 Å². The van der Waals surface area contributed by atoms with E-state index in [4.69, 9.17) is 4.42 Å². The molecule has 0 N–H and O–H groups in total. The molecule has 3 aromatic rings. The highest BCUT2D eigenvalue weighted by atomic mass is 32.2. The Morgan fingerprint density at radius 2 is 1.54 bits per heavy atom. The molecule has 0 aliphatic carbocycles. The second kappa shape index (κ2) is 6.83. The van der Waals surface area contributed by atoms with Gasteiger partial charge in [0.15, 0.2) is 0 Å². The van der Waals surface area contributed by atoms with Gasteiger partial charge in [0.2, 0.25) is 25.8 Å². The Morgan fingerprint density at radius 1 is 0.958 bits per heavy atom. The van der Waals surface area contributed by atoms with Gasteiger partial charge in [-0.15, -0.1) is 0 Å². The Balaban J connectivity index is 2.14. The van der Waals surface area contributed by atoms with Gasteiger partial charge in [-0.1, -0.05) is 62.0 Å². The van der Waals surface area contributed by atoms with Crippen molar-refractivity contribution in [2.24, 2.45) is 0 Å². The third-order valence-corrected chi connectivity index (χ3v) is 6.01.